The van der Waals surface area contributed by atoms with E-state index in [4.69, 9.17) is 16.0 Å². The zero-order chi connectivity index (χ0) is 24.5. The van der Waals surface area contributed by atoms with Crippen LogP contribution in [0.3, 0.4) is 0 Å². The summed E-state index contributed by atoms with van der Waals surface area (Å²) >= 11 is 5.88. The van der Waals surface area contributed by atoms with E-state index in [2.05, 4.69) is 15.3 Å². The van der Waals surface area contributed by atoms with Gasteiger partial charge in [0.15, 0.2) is 12.0 Å². The summed E-state index contributed by atoms with van der Waals surface area (Å²) in [6.45, 7) is 1.35. The summed E-state index contributed by atoms with van der Waals surface area (Å²) in [5.41, 5.74) is 0.898. The summed E-state index contributed by atoms with van der Waals surface area (Å²) in [5.74, 6) is -0.706. The average molecular weight is 489 g/mol. The maximum absolute atomic E-state index is 13.1. The number of hydrogen-bond acceptors (Lipinski definition) is 5. The Balaban J connectivity index is 1.56. The van der Waals surface area contributed by atoms with Gasteiger partial charge in [0.2, 0.25) is 11.8 Å². The van der Waals surface area contributed by atoms with Gasteiger partial charge in [-0.25, -0.2) is 9.97 Å². The van der Waals surface area contributed by atoms with Crippen molar-refractivity contribution in [3.8, 4) is 0 Å². The number of hydrogen-bond donors (Lipinski definition) is 1. The summed E-state index contributed by atoms with van der Waals surface area (Å²) in [5, 5.41) is 2.08. The standard InChI is InChI=1S/C23H16ClF3N4O3/c1-13(32)31(16-5-6-18-19(11-16)34-12-29-18)20-10-15(7-8-28-20)30-21(33)9-14-3-2-4-17(22(14)24)23(25,26)27/h2-8,10-12H,9H2,1H3,(H,28,30,33). The van der Waals surface area contributed by atoms with Crippen molar-refractivity contribution in [2.24, 2.45) is 0 Å². The molecule has 0 aliphatic carbocycles. The molecule has 174 valence electrons. The van der Waals surface area contributed by atoms with E-state index in [0.29, 0.717) is 22.5 Å². The molecular weight excluding hydrogens is 473 g/mol. The summed E-state index contributed by atoms with van der Waals surface area (Å²) in [4.78, 5) is 34.5. The number of rotatable bonds is 5. The highest BCUT2D eigenvalue weighted by atomic mass is 35.5. The van der Waals surface area contributed by atoms with Crippen molar-refractivity contribution in [2.45, 2.75) is 19.5 Å². The number of benzene rings is 2. The Labute approximate surface area is 196 Å². The van der Waals surface area contributed by atoms with Crippen LogP contribution in [0.2, 0.25) is 5.02 Å². The molecule has 7 nitrogen and oxygen atoms in total. The first-order valence-electron chi connectivity index (χ1n) is 9.88. The topological polar surface area (TPSA) is 88.3 Å². The molecule has 0 saturated carbocycles. The number of pyridine rings is 1. The second-order valence-electron chi connectivity index (χ2n) is 7.26. The molecular formula is C23H16ClF3N4O3. The molecule has 0 spiro atoms. The van der Waals surface area contributed by atoms with Gasteiger partial charge in [0, 0.05) is 30.9 Å². The number of fused-ring (bicyclic) bond motifs is 1. The fourth-order valence-electron chi connectivity index (χ4n) is 3.39. The highest BCUT2D eigenvalue weighted by Crippen LogP contribution is 2.36. The Morgan fingerprint density at radius 1 is 1.12 bits per heavy atom. The van der Waals surface area contributed by atoms with Crippen molar-refractivity contribution in [1.82, 2.24) is 9.97 Å². The molecule has 0 aliphatic rings. The van der Waals surface area contributed by atoms with Gasteiger partial charge in [-0.3, -0.25) is 14.5 Å². The Morgan fingerprint density at radius 3 is 2.65 bits per heavy atom. The molecule has 0 unspecified atom stereocenters. The maximum Gasteiger partial charge on any atom is 0.417 e. The normalized spacial score (nSPS) is 11.4. The third kappa shape index (κ3) is 4.86. The first-order valence-corrected chi connectivity index (χ1v) is 10.3. The van der Waals surface area contributed by atoms with Crippen molar-refractivity contribution in [3.05, 3.63) is 77.3 Å². The van der Waals surface area contributed by atoms with Crippen LogP contribution in [0.1, 0.15) is 18.1 Å². The number of halogens is 4. The molecule has 34 heavy (non-hydrogen) atoms. The number of amides is 2. The van der Waals surface area contributed by atoms with E-state index in [0.717, 1.165) is 6.07 Å². The lowest BCUT2D eigenvalue weighted by Gasteiger charge is -2.20. The Kier molecular flexibility index (Phi) is 6.25. The molecule has 0 radical (unpaired) electrons. The molecule has 4 rings (SSSR count). The number of carbonyl (C=O) groups excluding carboxylic acids is 2. The van der Waals surface area contributed by atoms with Crippen LogP contribution in [-0.2, 0) is 22.2 Å². The molecule has 0 aliphatic heterocycles. The molecule has 0 fully saturated rings. The number of nitrogens with one attached hydrogen (secondary N) is 1. The third-order valence-corrected chi connectivity index (χ3v) is 5.33. The van der Waals surface area contributed by atoms with E-state index in [1.165, 1.54) is 48.7 Å². The maximum atomic E-state index is 13.1. The lowest BCUT2D eigenvalue weighted by atomic mass is 10.1. The summed E-state index contributed by atoms with van der Waals surface area (Å²) in [6.07, 6.45) is -2.32. The highest BCUT2D eigenvalue weighted by Gasteiger charge is 2.34. The predicted octanol–water partition coefficient (Wildman–Crippen LogP) is 5.76. The van der Waals surface area contributed by atoms with Gasteiger partial charge >= 0.3 is 6.18 Å². The summed E-state index contributed by atoms with van der Waals surface area (Å²) in [7, 11) is 0. The van der Waals surface area contributed by atoms with Gasteiger partial charge in [-0.2, -0.15) is 13.2 Å². The second-order valence-corrected chi connectivity index (χ2v) is 7.64. The lowest BCUT2D eigenvalue weighted by molar-refractivity contribution is -0.137. The highest BCUT2D eigenvalue weighted by molar-refractivity contribution is 6.32. The average Bonchev–Trinajstić information content (AvgIpc) is 3.22. The smallest absolute Gasteiger partial charge is 0.417 e. The van der Waals surface area contributed by atoms with Gasteiger partial charge in [0.1, 0.15) is 11.3 Å². The zero-order valence-corrected chi connectivity index (χ0v) is 18.3. The van der Waals surface area contributed by atoms with Crippen molar-refractivity contribution in [3.63, 3.8) is 0 Å². The predicted molar refractivity (Wildman–Crippen MR) is 120 cm³/mol. The second kappa shape index (κ2) is 9.14. The van der Waals surface area contributed by atoms with Crippen LogP contribution in [0, 0.1) is 0 Å². The van der Waals surface area contributed by atoms with E-state index >= 15 is 0 Å². The molecule has 2 aromatic heterocycles. The molecule has 4 aromatic rings. The largest absolute Gasteiger partial charge is 0.443 e. The quantitative estimate of drug-likeness (QED) is 0.386. The van der Waals surface area contributed by atoms with E-state index in [1.807, 2.05) is 0 Å². The van der Waals surface area contributed by atoms with Gasteiger partial charge in [-0.1, -0.05) is 23.7 Å². The molecule has 2 heterocycles. The first kappa shape index (κ1) is 23.2. The SMILES string of the molecule is CC(=O)N(c1ccc2ncoc2c1)c1cc(NC(=O)Cc2cccc(C(F)(F)F)c2Cl)ccn1. The molecule has 0 atom stereocenters. The minimum absolute atomic E-state index is 0.0361. The van der Waals surface area contributed by atoms with Crippen LogP contribution in [0.4, 0.5) is 30.4 Å². The molecule has 0 saturated heterocycles. The molecule has 2 amide bonds. The van der Waals surface area contributed by atoms with Gasteiger partial charge in [-0.15, -0.1) is 0 Å². The van der Waals surface area contributed by atoms with Gasteiger partial charge in [0.05, 0.1) is 22.7 Å². The fourth-order valence-corrected chi connectivity index (χ4v) is 3.69. The molecule has 2 aromatic carbocycles. The van der Waals surface area contributed by atoms with E-state index in [-0.39, 0.29) is 23.7 Å². The van der Waals surface area contributed by atoms with Gasteiger partial charge < -0.3 is 9.73 Å². The number of alkyl halides is 3. The number of oxazole rings is 1. The molecule has 0 bridgehead atoms. The summed E-state index contributed by atoms with van der Waals surface area (Å²) in [6, 6.07) is 11.4. The molecule has 11 heteroatoms. The van der Waals surface area contributed by atoms with Crippen molar-refractivity contribution in [2.75, 3.05) is 10.2 Å². The van der Waals surface area contributed by atoms with E-state index in [1.54, 1.807) is 18.2 Å². The number of carbonyl (C=O) groups is 2. The lowest BCUT2D eigenvalue weighted by Crippen LogP contribution is -2.24. The van der Waals surface area contributed by atoms with Crippen LogP contribution in [0.15, 0.2) is 65.5 Å². The number of anilines is 3. The van der Waals surface area contributed by atoms with Crippen LogP contribution in [-0.4, -0.2) is 21.8 Å². The van der Waals surface area contributed by atoms with E-state index < -0.39 is 22.7 Å². The zero-order valence-electron chi connectivity index (χ0n) is 17.6. The number of nitrogens with zero attached hydrogens (tertiary/aromatic N) is 3. The van der Waals surface area contributed by atoms with Crippen molar-refractivity contribution >= 4 is 51.7 Å². The Morgan fingerprint density at radius 2 is 1.91 bits per heavy atom. The van der Waals surface area contributed by atoms with Gasteiger partial charge in [0.25, 0.3) is 0 Å². The molecule has 1 N–H and O–H groups in total. The Hall–Kier alpha value is -3.92. The number of aromatic nitrogens is 2. The Bertz CT molecular complexity index is 1390. The van der Waals surface area contributed by atoms with E-state index in [9.17, 15) is 22.8 Å². The first-order chi connectivity index (χ1) is 16.1. The van der Waals surface area contributed by atoms with Crippen LogP contribution in [0.5, 0.6) is 0 Å². The third-order valence-electron chi connectivity index (χ3n) is 4.88. The fraction of sp³-hybridized carbons (Fsp3) is 0.130. The van der Waals surface area contributed by atoms with Gasteiger partial charge in [-0.05, 0) is 29.8 Å². The van der Waals surface area contributed by atoms with Crippen LogP contribution in [0.25, 0.3) is 11.1 Å². The minimum Gasteiger partial charge on any atom is -0.443 e. The monoisotopic (exact) mass is 488 g/mol. The minimum atomic E-state index is -4.63. The van der Waals surface area contributed by atoms with Crippen LogP contribution < -0.4 is 10.2 Å². The van der Waals surface area contributed by atoms with Crippen molar-refractivity contribution in [1.29, 1.82) is 0 Å². The summed E-state index contributed by atoms with van der Waals surface area (Å²) < 4.78 is 44.5. The van der Waals surface area contributed by atoms with Crippen molar-refractivity contribution < 1.29 is 27.2 Å². The van der Waals surface area contributed by atoms with Crippen LogP contribution >= 0.6 is 11.6 Å².